The van der Waals surface area contributed by atoms with E-state index in [0.717, 1.165) is 0 Å². The average Bonchev–Trinajstić information content (AvgIpc) is 3.01. The first-order valence-electron chi connectivity index (χ1n) is 6.68. The molecule has 2 aromatic rings. The lowest BCUT2D eigenvalue weighted by Crippen LogP contribution is -2.50. The van der Waals surface area contributed by atoms with E-state index in [4.69, 9.17) is 10.5 Å². The largest absolute Gasteiger partial charge is 0.394 e. The Labute approximate surface area is 121 Å². The van der Waals surface area contributed by atoms with Gasteiger partial charge < -0.3 is 20.5 Å². The molecular formula is C12H17N7O2. The summed E-state index contributed by atoms with van der Waals surface area (Å²) in [5, 5.41) is 13.3. The van der Waals surface area contributed by atoms with E-state index in [2.05, 4.69) is 20.1 Å². The SMILES string of the molecule is CC1COC(CO)CN1c1nc(N)nc(-n2cccn2)n1. The van der Waals surface area contributed by atoms with Gasteiger partial charge in [-0.2, -0.15) is 20.1 Å². The van der Waals surface area contributed by atoms with E-state index < -0.39 is 0 Å². The minimum absolute atomic E-state index is 0.0458. The van der Waals surface area contributed by atoms with Crippen molar-refractivity contribution in [2.24, 2.45) is 0 Å². The van der Waals surface area contributed by atoms with Gasteiger partial charge in [-0.25, -0.2) is 4.68 Å². The summed E-state index contributed by atoms with van der Waals surface area (Å²) in [5.41, 5.74) is 5.77. The molecule has 2 aromatic heterocycles. The number of hydrogen-bond donors (Lipinski definition) is 2. The van der Waals surface area contributed by atoms with Crippen LogP contribution in [0.5, 0.6) is 0 Å². The first-order chi connectivity index (χ1) is 10.2. The molecule has 9 nitrogen and oxygen atoms in total. The van der Waals surface area contributed by atoms with Gasteiger partial charge in [0.05, 0.1) is 25.4 Å². The third-order valence-electron chi connectivity index (χ3n) is 3.30. The van der Waals surface area contributed by atoms with Gasteiger partial charge in [0.1, 0.15) is 0 Å². The van der Waals surface area contributed by atoms with E-state index in [1.165, 1.54) is 4.68 Å². The topological polar surface area (TPSA) is 115 Å². The third kappa shape index (κ3) is 2.78. The van der Waals surface area contributed by atoms with Gasteiger partial charge in [-0.05, 0) is 13.0 Å². The van der Waals surface area contributed by atoms with Gasteiger partial charge in [-0.1, -0.05) is 0 Å². The van der Waals surface area contributed by atoms with Crippen LogP contribution in [-0.4, -0.2) is 61.7 Å². The highest BCUT2D eigenvalue weighted by Crippen LogP contribution is 2.19. The Kier molecular flexibility index (Phi) is 3.67. The second-order valence-corrected chi connectivity index (χ2v) is 4.88. The summed E-state index contributed by atoms with van der Waals surface area (Å²) in [6.07, 6.45) is 3.11. The van der Waals surface area contributed by atoms with Gasteiger partial charge in [0, 0.05) is 18.9 Å². The fraction of sp³-hybridized carbons (Fsp3) is 0.500. The normalized spacial score (nSPS) is 22.5. The van der Waals surface area contributed by atoms with Gasteiger partial charge >= 0.3 is 0 Å². The number of aliphatic hydroxyl groups is 1. The summed E-state index contributed by atoms with van der Waals surface area (Å²) in [5.74, 6) is 0.953. The smallest absolute Gasteiger partial charge is 0.257 e. The molecular weight excluding hydrogens is 274 g/mol. The zero-order chi connectivity index (χ0) is 14.8. The third-order valence-corrected chi connectivity index (χ3v) is 3.30. The number of nitrogens with two attached hydrogens (primary N) is 1. The molecule has 1 aliphatic rings. The zero-order valence-electron chi connectivity index (χ0n) is 11.6. The monoisotopic (exact) mass is 291 g/mol. The Balaban J connectivity index is 1.94. The van der Waals surface area contributed by atoms with E-state index in [-0.39, 0.29) is 24.7 Å². The molecule has 3 N–H and O–H groups in total. The summed E-state index contributed by atoms with van der Waals surface area (Å²) in [6.45, 7) is 2.95. The number of anilines is 2. The maximum absolute atomic E-state index is 9.26. The molecule has 1 saturated heterocycles. The molecule has 3 rings (SSSR count). The number of ether oxygens (including phenoxy) is 1. The van der Waals surface area contributed by atoms with Crippen LogP contribution < -0.4 is 10.6 Å². The lowest BCUT2D eigenvalue weighted by Gasteiger charge is -2.37. The Bertz CT molecular complexity index is 604. The molecule has 1 aliphatic heterocycles. The molecule has 21 heavy (non-hydrogen) atoms. The van der Waals surface area contributed by atoms with E-state index in [1.54, 1.807) is 18.5 Å². The van der Waals surface area contributed by atoms with Crippen molar-refractivity contribution < 1.29 is 9.84 Å². The number of rotatable bonds is 3. The van der Waals surface area contributed by atoms with Crippen LogP contribution in [0.4, 0.5) is 11.9 Å². The molecule has 0 amide bonds. The summed E-state index contributed by atoms with van der Waals surface area (Å²) >= 11 is 0. The number of nitrogen functional groups attached to an aromatic ring is 1. The summed E-state index contributed by atoms with van der Waals surface area (Å²) in [6, 6.07) is 1.86. The molecule has 0 radical (unpaired) electrons. The zero-order valence-corrected chi connectivity index (χ0v) is 11.6. The van der Waals surface area contributed by atoms with Gasteiger partial charge in [-0.3, -0.25) is 0 Å². The number of nitrogens with zero attached hydrogens (tertiary/aromatic N) is 6. The molecule has 0 saturated carbocycles. The number of hydrogen-bond acceptors (Lipinski definition) is 8. The molecule has 2 unspecified atom stereocenters. The van der Waals surface area contributed by atoms with Crippen LogP contribution in [-0.2, 0) is 4.74 Å². The highest BCUT2D eigenvalue weighted by Gasteiger charge is 2.28. The van der Waals surface area contributed by atoms with Crippen molar-refractivity contribution >= 4 is 11.9 Å². The minimum Gasteiger partial charge on any atom is -0.394 e. The van der Waals surface area contributed by atoms with Gasteiger partial charge in [0.2, 0.25) is 11.9 Å². The lowest BCUT2D eigenvalue weighted by atomic mass is 10.2. The van der Waals surface area contributed by atoms with Crippen LogP contribution in [0.15, 0.2) is 18.5 Å². The standard InChI is InChI=1S/C12H17N7O2/c1-8-7-21-9(6-20)5-18(8)11-15-10(13)16-12(17-11)19-4-2-3-14-19/h2-4,8-9,20H,5-7H2,1H3,(H2,13,15,16,17). The minimum atomic E-state index is -0.257. The lowest BCUT2D eigenvalue weighted by molar-refractivity contribution is -0.0108. The average molecular weight is 291 g/mol. The van der Waals surface area contributed by atoms with Crippen LogP contribution in [0, 0.1) is 0 Å². The maximum atomic E-state index is 9.26. The predicted molar refractivity (Wildman–Crippen MR) is 75.0 cm³/mol. The van der Waals surface area contributed by atoms with E-state index in [0.29, 0.717) is 25.0 Å². The fourth-order valence-corrected chi connectivity index (χ4v) is 2.19. The quantitative estimate of drug-likeness (QED) is 0.757. The van der Waals surface area contributed by atoms with Crippen molar-refractivity contribution in [1.29, 1.82) is 0 Å². The second-order valence-electron chi connectivity index (χ2n) is 4.88. The van der Waals surface area contributed by atoms with Crippen molar-refractivity contribution in [3.05, 3.63) is 18.5 Å². The maximum Gasteiger partial charge on any atom is 0.257 e. The molecule has 0 aliphatic carbocycles. The molecule has 1 fully saturated rings. The number of morpholine rings is 1. The number of aliphatic hydroxyl groups excluding tert-OH is 1. The van der Waals surface area contributed by atoms with Crippen LogP contribution in [0.3, 0.4) is 0 Å². The van der Waals surface area contributed by atoms with Crippen LogP contribution in [0.25, 0.3) is 5.95 Å². The first-order valence-corrected chi connectivity index (χ1v) is 6.68. The Morgan fingerprint density at radius 2 is 2.19 bits per heavy atom. The van der Waals surface area contributed by atoms with Gasteiger partial charge in [-0.15, -0.1) is 0 Å². The van der Waals surface area contributed by atoms with Gasteiger partial charge in [0.25, 0.3) is 5.95 Å². The highest BCUT2D eigenvalue weighted by atomic mass is 16.5. The predicted octanol–water partition coefficient (Wildman–Crippen LogP) is -0.774. The molecule has 0 aromatic carbocycles. The molecule has 2 atom stereocenters. The Morgan fingerprint density at radius 1 is 1.38 bits per heavy atom. The van der Waals surface area contributed by atoms with E-state index in [9.17, 15) is 5.11 Å². The summed E-state index contributed by atoms with van der Waals surface area (Å²) < 4.78 is 7.04. The fourth-order valence-electron chi connectivity index (χ4n) is 2.19. The van der Waals surface area contributed by atoms with E-state index in [1.807, 2.05) is 11.8 Å². The van der Waals surface area contributed by atoms with Crippen molar-refractivity contribution in [3.8, 4) is 5.95 Å². The molecule has 112 valence electrons. The van der Waals surface area contributed by atoms with Crippen molar-refractivity contribution in [2.75, 3.05) is 30.4 Å². The Hall–Kier alpha value is -2.26. The number of aromatic nitrogens is 5. The molecule has 0 spiro atoms. The Morgan fingerprint density at radius 3 is 2.90 bits per heavy atom. The van der Waals surface area contributed by atoms with Crippen molar-refractivity contribution in [1.82, 2.24) is 24.7 Å². The molecule has 9 heteroatoms. The summed E-state index contributed by atoms with van der Waals surface area (Å²) in [4.78, 5) is 14.6. The van der Waals surface area contributed by atoms with E-state index >= 15 is 0 Å². The summed E-state index contributed by atoms with van der Waals surface area (Å²) in [7, 11) is 0. The van der Waals surface area contributed by atoms with Crippen LogP contribution >= 0.6 is 0 Å². The van der Waals surface area contributed by atoms with Gasteiger partial charge in [0.15, 0.2) is 0 Å². The highest BCUT2D eigenvalue weighted by molar-refractivity contribution is 5.39. The van der Waals surface area contributed by atoms with Crippen molar-refractivity contribution in [2.45, 2.75) is 19.1 Å². The van der Waals surface area contributed by atoms with Crippen LogP contribution in [0.2, 0.25) is 0 Å². The van der Waals surface area contributed by atoms with Crippen molar-refractivity contribution in [3.63, 3.8) is 0 Å². The second kappa shape index (κ2) is 5.62. The van der Waals surface area contributed by atoms with Crippen LogP contribution in [0.1, 0.15) is 6.92 Å². The first kappa shape index (κ1) is 13.7. The molecule has 3 heterocycles. The molecule has 0 bridgehead atoms.